The molecule has 0 saturated heterocycles. The molecule has 2 amide bonds. The van der Waals surface area contributed by atoms with Crippen LogP contribution in [0.1, 0.15) is 0 Å². The summed E-state index contributed by atoms with van der Waals surface area (Å²) >= 11 is 0. The number of nitrogens with zero attached hydrogens (tertiary/aromatic N) is 1. The number of carbonyl (C=O) groups excluding carboxylic acids is 1. The van der Waals surface area contributed by atoms with Crippen molar-refractivity contribution < 1.29 is 24.2 Å². The van der Waals surface area contributed by atoms with Gasteiger partial charge in [-0.25, -0.2) is 4.79 Å². The molecule has 21 heavy (non-hydrogen) atoms. The van der Waals surface area contributed by atoms with Crippen LogP contribution in [0.3, 0.4) is 0 Å². The van der Waals surface area contributed by atoms with Crippen molar-refractivity contribution in [3.05, 3.63) is 30.9 Å². The summed E-state index contributed by atoms with van der Waals surface area (Å²) in [5.41, 5.74) is 0.419. The molecule has 1 aromatic rings. The highest BCUT2D eigenvalue weighted by molar-refractivity contribution is 5.93. The molecule has 0 unspecified atom stereocenters. The number of methoxy groups -OCH3 is 2. The minimum absolute atomic E-state index is 0.122. The van der Waals surface area contributed by atoms with Crippen molar-refractivity contribution in [3.63, 3.8) is 0 Å². The second-order valence-corrected chi connectivity index (χ2v) is 4.06. The van der Waals surface area contributed by atoms with E-state index in [1.54, 1.807) is 18.2 Å². The molecule has 0 aliphatic carbocycles. The van der Waals surface area contributed by atoms with Gasteiger partial charge in [-0.1, -0.05) is 6.08 Å². The number of carboxylic acids is 1. The number of urea groups is 1. The monoisotopic (exact) mass is 294 g/mol. The lowest BCUT2D eigenvalue weighted by Gasteiger charge is -2.20. The third kappa shape index (κ3) is 4.72. The van der Waals surface area contributed by atoms with Gasteiger partial charge in [0.05, 0.1) is 19.9 Å². The number of hydrogen-bond donors (Lipinski definition) is 2. The number of hydrogen-bond acceptors (Lipinski definition) is 4. The Morgan fingerprint density at radius 1 is 1.38 bits per heavy atom. The van der Waals surface area contributed by atoms with Crippen molar-refractivity contribution in [2.24, 2.45) is 0 Å². The smallest absolute Gasteiger partial charge is 0.323 e. The summed E-state index contributed by atoms with van der Waals surface area (Å²) in [6.07, 6.45) is 1.45. The lowest BCUT2D eigenvalue weighted by atomic mass is 10.2. The second kappa shape index (κ2) is 7.78. The molecule has 0 atom stereocenters. The fraction of sp³-hybridized carbons (Fsp3) is 0.286. The molecule has 0 bridgehead atoms. The van der Waals surface area contributed by atoms with Gasteiger partial charge >= 0.3 is 12.0 Å². The molecule has 2 N–H and O–H groups in total. The molecule has 7 heteroatoms. The van der Waals surface area contributed by atoms with Crippen LogP contribution < -0.4 is 14.8 Å². The molecule has 1 rings (SSSR count). The lowest BCUT2D eigenvalue weighted by Crippen LogP contribution is -2.38. The zero-order chi connectivity index (χ0) is 15.8. The molecule has 114 valence electrons. The van der Waals surface area contributed by atoms with E-state index >= 15 is 0 Å². The van der Waals surface area contributed by atoms with Crippen LogP contribution in [0.5, 0.6) is 11.5 Å². The average Bonchev–Trinajstić information content (AvgIpc) is 2.46. The van der Waals surface area contributed by atoms with Gasteiger partial charge in [0.1, 0.15) is 18.0 Å². The second-order valence-electron chi connectivity index (χ2n) is 4.06. The average molecular weight is 294 g/mol. The standard InChI is InChI=1S/C14H18N2O5/c1-4-7-16(9-13(17)18)14(19)15-11-6-5-10(20-2)8-12(11)21-3/h4-6,8H,1,7,9H2,2-3H3,(H,15,19)(H,17,18). The molecular weight excluding hydrogens is 276 g/mol. The maximum absolute atomic E-state index is 12.1. The van der Waals surface area contributed by atoms with Crippen LogP contribution in [0.25, 0.3) is 0 Å². The fourth-order valence-corrected chi connectivity index (χ4v) is 1.63. The molecule has 1 aromatic carbocycles. The normalized spacial score (nSPS) is 9.62. The van der Waals surface area contributed by atoms with Crippen molar-refractivity contribution in [1.29, 1.82) is 0 Å². The molecule has 0 spiro atoms. The Hall–Kier alpha value is -2.70. The summed E-state index contributed by atoms with van der Waals surface area (Å²) in [5, 5.41) is 11.4. The lowest BCUT2D eigenvalue weighted by molar-refractivity contribution is -0.137. The van der Waals surface area contributed by atoms with E-state index in [9.17, 15) is 9.59 Å². The first kappa shape index (κ1) is 16.4. The number of rotatable bonds is 7. The van der Waals surface area contributed by atoms with Crippen molar-refractivity contribution >= 4 is 17.7 Å². The van der Waals surface area contributed by atoms with E-state index in [-0.39, 0.29) is 6.54 Å². The van der Waals surface area contributed by atoms with E-state index in [0.717, 1.165) is 4.90 Å². The SMILES string of the molecule is C=CCN(CC(=O)O)C(=O)Nc1ccc(OC)cc1OC. The Bertz CT molecular complexity index is 530. The van der Waals surface area contributed by atoms with Crippen molar-refractivity contribution in [2.75, 3.05) is 32.6 Å². The Morgan fingerprint density at radius 2 is 2.10 bits per heavy atom. The molecule has 0 aliphatic heterocycles. The maximum atomic E-state index is 12.1. The Kier molecular flexibility index (Phi) is 6.06. The van der Waals surface area contributed by atoms with Crippen LogP contribution in [0.2, 0.25) is 0 Å². The number of aliphatic carboxylic acids is 1. The van der Waals surface area contributed by atoms with Gasteiger partial charge in [-0.15, -0.1) is 6.58 Å². The first-order valence-electron chi connectivity index (χ1n) is 6.12. The Balaban J connectivity index is 2.89. The van der Waals surface area contributed by atoms with E-state index in [4.69, 9.17) is 14.6 Å². The molecule has 0 heterocycles. The zero-order valence-electron chi connectivity index (χ0n) is 12.0. The van der Waals surface area contributed by atoms with Crippen LogP contribution >= 0.6 is 0 Å². The molecule has 0 saturated carbocycles. The summed E-state index contributed by atoms with van der Waals surface area (Å²) in [4.78, 5) is 23.9. The van der Waals surface area contributed by atoms with Gasteiger partial charge in [-0.05, 0) is 12.1 Å². The van der Waals surface area contributed by atoms with Crippen LogP contribution in [-0.2, 0) is 4.79 Å². The fourth-order valence-electron chi connectivity index (χ4n) is 1.63. The minimum atomic E-state index is -1.10. The molecule has 0 aliphatic rings. The first-order chi connectivity index (χ1) is 10.0. The molecule has 0 radical (unpaired) electrons. The number of anilines is 1. The summed E-state index contributed by atoms with van der Waals surface area (Å²) in [5.74, 6) is -0.108. The maximum Gasteiger partial charge on any atom is 0.323 e. The highest BCUT2D eigenvalue weighted by Crippen LogP contribution is 2.29. The van der Waals surface area contributed by atoms with Gasteiger partial charge in [0.15, 0.2) is 0 Å². The van der Waals surface area contributed by atoms with E-state index in [1.165, 1.54) is 20.3 Å². The molecular formula is C14H18N2O5. The number of ether oxygens (including phenoxy) is 2. The minimum Gasteiger partial charge on any atom is -0.497 e. The summed E-state index contributed by atoms with van der Waals surface area (Å²) in [6.45, 7) is 3.20. The third-order valence-electron chi connectivity index (χ3n) is 2.61. The Morgan fingerprint density at radius 3 is 2.62 bits per heavy atom. The van der Waals surface area contributed by atoms with E-state index in [1.807, 2.05) is 0 Å². The summed E-state index contributed by atoms with van der Waals surface area (Å²) in [7, 11) is 2.98. The molecule has 7 nitrogen and oxygen atoms in total. The van der Waals surface area contributed by atoms with Crippen LogP contribution in [0, 0.1) is 0 Å². The topological polar surface area (TPSA) is 88.1 Å². The van der Waals surface area contributed by atoms with Crippen LogP contribution in [0.4, 0.5) is 10.5 Å². The van der Waals surface area contributed by atoms with E-state index < -0.39 is 18.5 Å². The van der Waals surface area contributed by atoms with Gasteiger partial charge in [0.2, 0.25) is 0 Å². The largest absolute Gasteiger partial charge is 0.497 e. The highest BCUT2D eigenvalue weighted by atomic mass is 16.5. The van der Waals surface area contributed by atoms with E-state index in [0.29, 0.717) is 17.2 Å². The quantitative estimate of drug-likeness (QED) is 0.749. The first-order valence-corrected chi connectivity index (χ1v) is 6.12. The van der Waals surface area contributed by atoms with Gasteiger partial charge in [0, 0.05) is 12.6 Å². The van der Waals surface area contributed by atoms with E-state index in [2.05, 4.69) is 11.9 Å². The number of carbonyl (C=O) groups is 2. The number of benzene rings is 1. The van der Waals surface area contributed by atoms with Gasteiger partial charge in [0.25, 0.3) is 0 Å². The van der Waals surface area contributed by atoms with Crippen molar-refractivity contribution in [1.82, 2.24) is 4.90 Å². The number of amides is 2. The molecule has 0 fully saturated rings. The highest BCUT2D eigenvalue weighted by Gasteiger charge is 2.17. The summed E-state index contributed by atoms with van der Waals surface area (Å²) in [6, 6.07) is 4.33. The van der Waals surface area contributed by atoms with Crippen LogP contribution in [0.15, 0.2) is 30.9 Å². The van der Waals surface area contributed by atoms with Gasteiger partial charge < -0.3 is 24.8 Å². The van der Waals surface area contributed by atoms with Crippen molar-refractivity contribution in [2.45, 2.75) is 0 Å². The summed E-state index contributed by atoms with van der Waals surface area (Å²) < 4.78 is 10.2. The van der Waals surface area contributed by atoms with Gasteiger partial charge in [-0.3, -0.25) is 4.79 Å². The predicted octanol–water partition coefficient (Wildman–Crippen LogP) is 1.81. The van der Waals surface area contributed by atoms with Crippen LogP contribution in [-0.4, -0.2) is 49.3 Å². The van der Waals surface area contributed by atoms with Crippen molar-refractivity contribution in [3.8, 4) is 11.5 Å². The Labute approximate surface area is 122 Å². The van der Waals surface area contributed by atoms with Gasteiger partial charge in [-0.2, -0.15) is 0 Å². The number of carboxylic acid groups (broad SMARTS) is 1. The molecule has 0 aromatic heterocycles. The number of nitrogens with one attached hydrogen (secondary N) is 1. The predicted molar refractivity (Wildman–Crippen MR) is 78.0 cm³/mol. The zero-order valence-corrected chi connectivity index (χ0v) is 12.0. The third-order valence-corrected chi connectivity index (χ3v) is 2.61.